The molecule has 4 rings (SSSR count). The van der Waals surface area contributed by atoms with Gasteiger partial charge in [-0.3, -0.25) is 4.99 Å². The van der Waals surface area contributed by atoms with Crippen LogP contribution in [0.5, 0.6) is 5.75 Å². The van der Waals surface area contributed by atoms with Gasteiger partial charge in [0.15, 0.2) is 11.8 Å². The van der Waals surface area contributed by atoms with Crippen LogP contribution in [0.2, 0.25) is 5.02 Å². The number of methoxy groups -OCH3 is 1. The number of nitrogens with one attached hydrogen (secondary N) is 2. The summed E-state index contributed by atoms with van der Waals surface area (Å²) in [5.74, 6) is 3.67. The number of aliphatic imine (C=N–C) groups is 1. The zero-order valence-electron chi connectivity index (χ0n) is 16.7. The minimum Gasteiger partial charge on any atom is -0.495 e. The SMILES string of the molecule is CN=C(NCc1nnc2n1CCC2)NC1CCN(c2cc(Cl)ccc2OC)C1.I. The molecule has 0 spiro atoms. The van der Waals surface area contributed by atoms with Gasteiger partial charge in [-0.1, -0.05) is 11.6 Å². The molecule has 0 saturated carbocycles. The Hall–Kier alpha value is -1.75. The van der Waals surface area contributed by atoms with Crippen molar-refractivity contribution in [3.05, 3.63) is 34.9 Å². The molecule has 1 aromatic carbocycles. The fourth-order valence-corrected chi connectivity index (χ4v) is 4.07. The first-order valence-corrected chi connectivity index (χ1v) is 10.0. The van der Waals surface area contributed by atoms with Crippen molar-refractivity contribution in [1.29, 1.82) is 0 Å². The Kier molecular flexibility index (Phi) is 7.44. The highest BCUT2D eigenvalue weighted by Gasteiger charge is 2.26. The average Bonchev–Trinajstić information content (AvgIpc) is 3.43. The van der Waals surface area contributed by atoms with Gasteiger partial charge in [-0.05, 0) is 31.0 Å². The van der Waals surface area contributed by atoms with Crippen LogP contribution >= 0.6 is 35.6 Å². The van der Waals surface area contributed by atoms with Gasteiger partial charge in [0, 0.05) is 44.2 Å². The van der Waals surface area contributed by atoms with E-state index in [2.05, 4.69) is 35.3 Å². The number of halogens is 2. The normalized spacial score (nSPS) is 18.4. The van der Waals surface area contributed by atoms with Gasteiger partial charge in [-0.15, -0.1) is 34.2 Å². The lowest BCUT2D eigenvalue weighted by atomic mass is 10.2. The van der Waals surface area contributed by atoms with E-state index in [0.717, 1.165) is 67.9 Å². The summed E-state index contributed by atoms with van der Waals surface area (Å²) < 4.78 is 7.69. The molecule has 0 aliphatic carbocycles. The summed E-state index contributed by atoms with van der Waals surface area (Å²) in [4.78, 5) is 6.66. The molecule has 1 fully saturated rings. The smallest absolute Gasteiger partial charge is 0.191 e. The van der Waals surface area contributed by atoms with Crippen molar-refractivity contribution >= 4 is 47.2 Å². The third-order valence-electron chi connectivity index (χ3n) is 5.33. The van der Waals surface area contributed by atoms with E-state index in [1.54, 1.807) is 14.2 Å². The summed E-state index contributed by atoms with van der Waals surface area (Å²) in [6.45, 7) is 3.41. The van der Waals surface area contributed by atoms with Crippen LogP contribution in [0.4, 0.5) is 5.69 Å². The molecule has 0 amide bonds. The summed E-state index contributed by atoms with van der Waals surface area (Å²) >= 11 is 6.19. The minimum absolute atomic E-state index is 0. The van der Waals surface area contributed by atoms with E-state index in [4.69, 9.17) is 16.3 Å². The lowest BCUT2D eigenvalue weighted by molar-refractivity contribution is 0.415. The van der Waals surface area contributed by atoms with E-state index in [9.17, 15) is 0 Å². The van der Waals surface area contributed by atoms with Crippen LogP contribution in [0.1, 0.15) is 24.5 Å². The first-order chi connectivity index (χ1) is 13.7. The Morgan fingerprint density at radius 1 is 1.34 bits per heavy atom. The van der Waals surface area contributed by atoms with E-state index in [-0.39, 0.29) is 24.0 Å². The number of benzene rings is 1. The molecule has 8 nitrogen and oxygen atoms in total. The highest BCUT2D eigenvalue weighted by Crippen LogP contribution is 2.33. The van der Waals surface area contributed by atoms with Crippen LogP contribution in [-0.2, 0) is 19.5 Å². The van der Waals surface area contributed by atoms with Gasteiger partial charge in [0.25, 0.3) is 0 Å². The van der Waals surface area contributed by atoms with Gasteiger partial charge >= 0.3 is 0 Å². The third kappa shape index (κ3) is 4.88. The Balaban J connectivity index is 0.00000240. The Bertz CT molecular complexity index is 872. The Morgan fingerprint density at radius 2 is 2.21 bits per heavy atom. The van der Waals surface area contributed by atoms with Crippen molar-refractivity contribution in [1.82, 2.24) is 25.4 Å². The molecular weight excluding hydrogens is 505 g/mol. The maximum Gasteiger partial charge on any atom is 0.191 e. The van der Waals surface area contributed by atoms with E-state index in [1.807, 2.05) is 18.2 Å². The number of aryl methyl sites for hydroxylation is 1. The van der Waals surface area contributed by atoms with Crippen molar-refractivity contribution in [2.45, 2.75) is 38.4 Å². The number of anilines is 1. The largest absolute Gasteiger partial charge is 0.495 e. The molecule has 2 N–H and O–H groups in total. The molecule has 1 unspecified atom stereocenters. The zero-order valence-corrected chi connectivity index (χ0v) is 19.8. The summed E-state index contributed by atoms with van der Waals surface area (Å²) in [6.07, 6.45) is 3.18. The molecule has 1 saturated heterocycles. The maximum atomic E-state index is 6.19. The first-order valence-electron chi connectivity index (χ1n) is 9.64. The lowest BCUT2D eigenvalue weighted by Crippen LogP contribution is -2.44. The number of hydrogen-bond donors (Lipinski definition) is 2. The van der Waals surface area contributed by atoms with Crippen molar-refractivity contribution in [2.75, 3.05) is 32.1 Å². The lowest BCUT2D eigenvalue weighted by Gasteiger charge is -2.22. The second kappa shape index (κ2) is 9.84. The number of rotatable bonds is 5. The third-order valence-corrected chi connectivity index (χ3v) is 5.57. The minimum atomic E-state index is 0. The molecule has 158 valence electrons. The van der Waals surface area contributed by atoms with Crippen LogP contribution in [0.15, 0.2) is 23.2 Å². The fraction of sp³-hybridized carbons (Fsp3) is 0.526. The van der Waals surface area contributed by atoms with Gasteiger partial charge in [0.05, 0.1) is 19.3 Å². The van der Waals surface area contributed by atoms with E-state index < -0.39 is 0 Å². The molecule has 0 radical (unpaired) electrons. The van der Waals surface area contributed by atoms with Gasteiger partial charge in [0.2, 0.25) is 0 Å². The second-order valence-electron chi connectivity index (χ2n) is 7.11. The average molecular weight is 532 g/mol. The highest BCUT2D eigenvalue weighted by molar-refractivity contribution is 14.0. The van der Waals surface area contributed by atoms with Crippen molar-refractivity contribution < 1.29 is 4.74 Å². The second-order valence-corrected chi connectivity index (χ2v) is 7.54. The topological polar surface area (TPSA) is 79.6 Å². The summed E-state index contributed by atoms with van der Waals surface area (Å²) in [6, 6.07) is 6.01. The standard InChI is InChI=1S/C19H26ClN7O.HI/c1-21-19(22-11-18-25-24-17-4-3-8-27(17)18)23-14-7-9-26(12-14)15-10-13(20)5-6-16(15)28-2;/h5-6,10,14H,3-4,7-9,11-12H2,1-2H3,(H2,21,22,23);1H. The molecule has 2 aliphatic heterocycles. The molecule has 2 aliphatic rings. The van der Waals surface area contributed by atoms with Crippen molar-refractivity contribution in [3.8, 4) is 5.75 Å². The quantitative estimate of drug-likeness (QED) is 0.351. The number of fused-ring (bicyclic) bond motifs is 1. The van der Waals surface area contributed by atoms with Crippen LogP contribution in [0, 0.1) is 0 Å². The number of guanidine groups is 1. The predicted octanol–water partition coefficient (Wildman–Crippen LogP) is 2.45. The number of hydrogen-bond acceptors (Lipinski definition) is 5. The summed E-state index contributed by atoms with van der Waals surface area (Å²) in [7, 11) is 3.47. The molecule has 3 heterocycles. The molecule has 0 bridgehead atoms. The predicted molar refractivity (Wildman–Crippen MR) is 126 cm³/mol. The molecule has 1 atom stereocenters. The van der Waals surface area contributed by atoms with Crippen LogP contribution in [-0.4, -0.2) is 54.0 Å². The van der Waals surface area contributed by atoms with Crippen molar-refractivity contribution in [3.63, 3.8) is 0 Å². The molecular formula is C19H27ClIN7O. The number of nitrogens with zero attached hydrogens (tertiary/aromatic N) is 5. The molecule has 10 heteroatoms. The van der Waals surface area contributed by atoms with Gasteiger partial charge in [0.1, 0.15) is 11.6 Å². The number of ether oxygens (including phenoxy) is 1. The van der Waals surface area contributed by atoms with E-state index in [1.165, 1.54) is 0 Å². The Labute approximate surface area is 193 Å². The first kappa shape index (κ1) is 21.9. The highest BCUT2D eigenvalue weighted by atomic mass is 127. The summed E-state index contributed by atoms with van der Waals surface area (Å²) in [5.41, 5.74) is 1.03. The maximum absolute atomic E-state index is 6.19. The Morgan fingerprint density at radius 3 is 3.00 bits per heavy atom. The molecule has 2 aromatic rings. The number of aromatic nitrogens is 3. The van der Waals surface area contributed by atoms with Crippen LogP contribution in [0.25, 0.3) is 0 Å². The summed E-state index contributed by atoms with van der Waals surface area (Å²) in [5, 5.41) is 16.1. The van der Waals surface area contributed by atoms with Crippen molar-refractivity contribution in [2.24, 2.45) is 4.99 Å². The molecule has 1 aromatic heterocycles. The van der Waals surface area contributed by atoms with E-state index >= 15 is 0 Å². The van der Waals surface area contributed by atoms with Crippen LogP contribution < -0.4 is 20.3 Å². The monoisotopic (exact) mass is 531 g/mol. The fourth-order valence-electron chi connectivity index (χ4n) is 3.90. The van der Waals surface area contributed by atoms with Crippen LogP contribution in [0.3, 0.4) is 0 Å². The molecule has 29 heavy (non-hydrogen) atoms. The van der Waals surface area contributed by atoms with E-state index in [0.29, 0.717) is 17.6 Å². The van der Waals surface area contributed by atoms with Gasteiger partial charge in [-0.2, -0.15) is 0 Å². The van der Waals surface area contributed by atoms with Gasteiger partial charge in [-0.25, -0.2) is 0 Å². The zero-order chi connectivity index (χ0) is 19.5. The van der Waals surface area contributed by atoms with Gasteiger partial charge < -0.3 is 24.8 Å².